The highest BCUT2D eigenvalue weighted by atomic mass is 16.5. The Morgan fingerprint density at radius 2 is 1.07 bits per heavy atom. The Morgan fingerprint density at radius 1 is 0.463 bits per heavy atom. The summed E-state index contributed by atoms with van der Waals surface area (Å²) in [5.41, 5.74) is 10.4. The summed E-state index contributed by atoms with van der Waals surface area (Å²) in [5.74, 6) is 3.45. The molecule has 4 nitrogen and oxygen atoms in total. The van der Waals surface area contributed by atoms with Gasteiger partial charge in [-0.2, -0.15) is 0 Å². The Labute approximate surface area is 236 Å². The summed E-state index contributed by atoms with van der Waals surface area (Å²) in [6, 6.07) is 44.9. The molecule has 3 aliphatic rings. The molecule has 190 valence electrons. The maximum Gasteiger partial charge on any atom is 0.256 e. The van der Waals surface area contributed by atoms with E-state index in [1.54, 1.807) is 0 Å². The van der Waals surface area contributed by atoms with Crippen molar-refractivity contribution >= 4 is 62.0 Å². The SMILES string of the molecule is c1ccc2c(c1)Oc1ccccc1N2c1cccc2c1Oc1cccc3c1B2c1cccc2c4ccccc4n-3c12. The van der Waals surface area contributed by atoms with Crippen molar-refractivity contribution in [2.75, 3.05) is 4.90 Å². The fourth-order valence-electron chi connectivity index (χ4n) is 7.24. The molecule has 3 aliphatic heterocycles. The van der Waals surface area contributed by atoms with Gasteiger partial charge in [0, 0.05) is 22.0 Å². The summed E-state index contributed by atoms with van der Waals surface area (Å²) < 4.78 is 15.7. The van der Waals surface area contributed by atoms with Crippen LogP contribution in [0.4, 0.5) is 17.1 Å². The van der Waals surface area contributed by atoms with Gasteiger partial charge in [-0.3, -0.25) is 4.90 Å². The zero-order valence-corrected chi connectivity index (χ0v) is 21.9. The van der Waals surface area contributed by atoms with Crippen LogP contribution in [0, 0.1) is 0 Å². The molecular weight excluding hydrogens is 503 g/mol. The second-order valence-corrected chi connectivity index (χ2v) is 10.9. The second kappa shape index (κ2) is 7.61. The largest absolute Gasteiger partial charge is 0.456 e. The first-order valence-electron chi connectivity index (χ1n) is 14.0. The maximum absolute atomic E-state index is 6.94. The molecule has 0 saturated heterocycles. The van der Waals surface area contributed by atoms with Crippen LogP contribution >= 0.6 is 0 Å². The molecule has 0 saturated carbocycles. The van der Waals surface area contributed by atoms with E-state index in [4.69, 9.17) is 9.47 Å². The first kappa shape index (κ1) is 21.4. The molecule has 7 aromatic rings. The van der Waals surface area contributed by atoms with E-state index in [2.05, 4.69) is 113 Å². The Kier molecular flexibility index (Phi) is 3.98. The van der Waals surface area contributed by atoms with Gasteiger partial charge in [0.05, 0.1) is 22.6 Å². The minimum absolute atomic E-state index is 0.0527. The summed E-state index contributed by atoms with van der Waals surface area (Å²) in [6.07, 6.45) is 0. The molecule has 0 N–H and O–H groups in total. The molecule has 0 bridgehead atoms. The number of anilines is 3. The molecule has 41 heavy (non-hydrogen) atoms. The van der Waals surface area contributed by atoms with Crippen LogP contribution in [0.3, 0.4) is 0 Å². The molecular formula is C36H21BN2O2. The Balaban J connectivity index is 1.29. The number of ether oxygens (including phenoxy) is 2. The topological polar surface area (TPSA) is 26.6 Å². The predicted molar refractivity (Wildman–Crippen MR) is 167 cm³/mol. The third-order valence-corrected chi connectivity index (χ3v) is 8.83. The summed E-state index contributed by atoms with van der Waals surface area (Å²) in [4.78, 5) is 2.28. The van der Waals surface area contributed by atoms with Gasteiger partial charge in [0.2, 0.25) is 0 Å². The van der Waals surface area contributed by atoms with Crippen LogP contribution in [0.25, 0.3) is 27.5 Å². The van der Waals surface area contributed by atoms with Crippen LogP contribution in [0.5, 0.6) is 23.0 Å². The molecule has 0 unspecified atom stereocenters. The van der Waals surface area contributed by atoms with Crippen molar-refractivity contribution in [3.05, 3.63) is 127 Å². The smallest absolute Gasteiger partial charge is 0.256 e. The van der Waals surface area contributed by atoms with Gasteiger partial charge in [-0.15, -0.1) is 0 Å². The summed E-state index contributed by atoms with van der Waals surface area (Å²) >= 11 is 0. The minimum atomic E-state index is 0.0527. The Bertz CT molecular complexity index is 2210. The van der Waals surface area contributed by atoms with Gasteiger partial charge >= 0.3 is 0 Å². The van der Waals surface area contributed by atoms with E-state index in [9.17, 15) is 0 Å². The van der Waals surface area contributed by atoms with Crippen LogP contribution in [-0.2, 0) is 0 Å². The average molecular weight is 524 g/mol. The van der Waals surface area contributed by atoms with E-state index in [0.717, 1.165) is 40.1 Å². The second-order valence-electron chi connectivity index (χ2n) is 10.9. The fourth-order valence-corrected chi connectivity index (χ4v) is 7.24. The van der Waals surface area contributed by atoms with Crippen molar-refractivity contribution in [1.29, 1.82) is 0 Å². The summed E-state index contributed by atoms with van der Waals surface area (Å²) in [6.45, 7) is 0.0527. The van der Waals surface area contributed by atoms with Crippen molar-refractivity contribution in [3.63, 3.8) is 0 Å². The minimum Gasteiger partial charge on any atom is -0.456 e. The van der Waals surface area contributed by atoms with Gasteiger partial charge in [-0.1, -0.05) is 78.9 Å². The Morgan fingerprint density at radius 3 is 1.93 bits per heavy atom. The third-order valence-electron chi connectivity index (χ3n) is 8.83. The summed E-state index contributed by atoms with van der Waals surface area (Å²) in [7, 11) is 0. The quantitative estimate of drug-likeness (QED) is 0.211. The molecule has 0 fully saturated rings. The van der Waals surface area contributed by atoms with Gasteiger partial charge in [0.1, 0.15) is 11.5 Å². The van der Waals surface area contributed by atoms with Gasteiger partial charge in [0.15, 0.2) is 11.5 Å². The number of aromatic nitrogens is 1. The van der Waals surface area contributed by atoms with Gasteiger partial charge in [0.25, 0.3) is 6.71 Å². The fraction of sp³-hybridized carbons (Fsp3) is 0. The monoisotopic (exact) mass is 524 g/mol. The van der Waals surface area contributed by atoms with Crippen molar-refractivity contribution in [2.24, 2.45) is 0 Å². The molecule has 0 amide bonds. The number of para-hydroxylation sites is 7. The highest BCUT2D eigenvalue weighted by molar-refractivity contribution is 6.99. The number of hydrogen-bond acceptors (Lipinski definition) is 3. The van der Waals surface area contributed by atoms with E-state index in [-0.39, 0.29) is 6.71 Å². The number of hydrogen-bond donors (Lipinski definition) is 0. The number of fused-ring (bicyclic) bond motifs is 9. The molecule has 10 rings (SSSR count). The lowest BCUT2D eigenvalue weighted by molar-refractivity contribution is 0.473. The van der Waals surface area contributed by atoms with Crippen LogP contribution < -0.4 is 30.8 Å². The normalized spacial score (nSPS) is 13.7. The van der Waals surface area contributed by atoms with Crippen molar-refractivity contribution < 1.29 is 9.47 Å². The lowest BCUT2D eigenvalue weighted by atomic mass is 9.34. The molecule has 0 radical (unpaired) electrons. The lowest BCUT2D eigenvalue weighted by Gasteiger charge is -2.37. The number of benzene rings is 6. The first-order chi connectivity index (χ1) is 20.4. The highest BCUT2D eigenvalue weighted by Crippen LogP contribution is 2.52. The van der Waals surface area contributed by atoms with Gasteiger partial charge < -0.3 is 14.0 Å². The van der Waals surface area contributed by atoms with E-state index in [1.165, 1.54) is 43.9 Å². The number of nitrogens with zero attached hydrogens (tertiary/aromatic N) is 2. The highest BCUT2D eigenvalue weighted by Gasteiger charge is 2.42. The molecule has 0 atom stereocenters. The van der Waals surface area contributed by atoms with Crippen molar-refractivity contribution in [1.82, 2.24) is 4.57 Å². The van der Waals surface area contributed by atoms with Gasteiger partial charge in [-0.25, -0.2) is 0 Å². The Hall–Kier alpha value is -5.42. The molecule has 5 heteroatoms. The van der Waals surface area contributed by atoms with Crippen molar-refractivity contribution in [2.45, 2.75) is 0 Å². The molecule has 0 spiro atoms. The molecule has 0 aliphatic carbocycles. The van der Waals surface area contributed by atoms with E-state index >= 15 is 0 Å². The number of rotatable bonds is 1. The lowest BCUT2D eigenvalue weighted by Crippen LogP contribution is -2.58. The predicted octanol–water partition coefficient (Wildman–Crippen LogP) is 7.29. The van der Waals surface area contributed by atoms with Crippen LogP contribution in [-0.4, -0.2) is 11.3 Å². The molecule has 4 heterocycles. The van der Waals surface area contributed by atoms with Crippen LogP contribution in [0.1, 0.15) is 0 Å². The zero-order valence-electron chi connectivity index (χ0n) is 21.9. The molecule has 1 aromatic heterocycles. The van der Waals surface area contributed by atoms with E-state index in [1.807, 2.05) is 24.3 Å². The first-order valence-corrected chi connectivity index (χ1v) is 14.0. The maximum atomic E-state index is 6.94. The van der Waals surface area contributed by atoms with E-state index in [0.29, 0.717) is 0 Å². The third kappa shape index (κ3) is 2.66. The molecule has 6 aromatic carbocycles. The average Bonchev–Trinajstić information content (AvgIpc) is 3.37. The summed E-state index contributed by atoms with van der Waals surface area (Å²) in [5, 5.41) is 2.56. The van der Waals surface area contributed by atoms with Gasteiger partial charge in [-0.05, 0) is 64.9 Å². The van der Waals surface area contributed by atoms with Crippen LogP contribution in [0.2, 0.25) is 0 Å². The zero-order chi connectivity index (χ0) is 26.7. The van der Waals surface area contributed by atoms with E-state index < -0.39 is 0 Å². The standard InChI is InChI=1S/C36H21BN2O2/c1-2-14-26-22(10-1)23-11-7-12-24-35(23)39(26)29-17-9-21-33-34(29)37(24)25-13-8-18-30(36(25)41-33)38-27-15-3-5-19-31(27)40-32-20-6-4-16-28(32)38/h1-21H. The van der Waals surface area contributed by atoms with Crippen molar-refractivity contribution in [3.8, 4) is 28.7 Å². The van der Waals surface area contributed by atoms with Crippen LogP contribution in [0.15, 0.2) is 127 Å².